The molecule has 156 valence electrons. The Balaban J connectivity index is 1.59. The Kier molecular flexibility index (Phi) is 4.95. The van der Waals surface area contributed by atoms with Crippen LogP contribution >= 0.6 is 0 Å². The van der Waals surface area contributed by atoms with Crippen LogP contribution in [0, 0.1) is 0 Å². The first kappa shape index (κ1) is 19.0. The Labute approximate surface area is 179 Å². The van der Waals surface area contributed by atoms with Crippen molar-refractivity contribution in [2.45, 2.75) is 25.8 Å². The molecule has 0 radical (unpaired) electrons. The van der Waals surface area contributed by atoms with Gasteiger partial charge in [-0.3, -0.25) is 9.20 Å². The second-order valence-electron chi connectivity index (χ2n) is 7.56. The minimum absolute atomic E-state index is 0.417. The fourth-order valence-corrected chi connectivity index (χ4v) is 3.91. The van der Waals surface area contributed by atoms with Gasteiger partial charge in [-0.1, -0.05) is 30.3 Å². The molecule has 4 heterocycles. The van der Waals surface area contributed by atoms with Crippen LogP contribution in [-0.2, 0) is 13.0 Å². The number of carbonyl (C=O) groups is 1. The molecule has 3 aromatic heterocycles. The number of fused-ring (bicyclic) bond motifs is 2. The van der Waals surface area contributed by atoms with E-state index in [1.807, 2.05) is 28.8 Å². The van der Waals surface area contributed by atoms with Crippen molar-refractivity contribution in [1.29, 1.82) is 0 Å². The van der Waals surface area contributed by atoms with Crippen molar-refractivity contribution in [3.8, 4) is 11.6 Å². The van der Waals surface area contributed by atoms with Gasteiger partial charge in [0, 0.05) is 19.3 Å². The molecule has 0 aliphatic carbocycles. The number of aromatic nitrogens is 4. The zero-order chi connectivity index (χ0) is 21.2. The maximum atomic E-state index is 11.8. The predicted octanol–water partition coefficient (Wildman–Crippen LogP) is 3.25. The van der Waals surface area contributed by atoms with Gasteiger partial charge in [0.05, 0.1) is 28.7 Å². The summed E-state index contributed by atoms with van der Waals surface area (Å²) in [6, 6.07) is 13.7. The molecule has 1 amide bonds. The number of anilines is 2. The summed E-state index contributed by atoms with van der Waals surface area (Å²) >= 11 is 0. The fourth-order valence-electron chi connectivity index (χ4n) is 3.91. The number of hydrogen-bond acceptors (Lipinski definition) is 6. The van der Waals surface area contributed by atoms with Gasteiger partial charge in [0.1, 0.15) is 0 Å². The number of nitrogens with one attached hydrogen (secondary N) is 2. The van der Waals surface area contributed by atoms with Crippen LogP contribution in [0.3, 0.4) is 0 Å². The highest BCUT2D eigenvalue weighted by Crippen LogP contribution is 2.30. The molecule has 4 N–H and O–H groups in total. The van der Waals surface area contributed by atoms with Crippen LogP contribution in [0.25, 0.3) is 17.2 Å². The largest absolute Gasteiger partial charge is 0.381 e. The van der Waals surface area contributed by atoms with Crippen LogP contribution in [0.5, 0.6) is 0 Å². The van der Waals surface area contributed by atoms with E-state index in [2.05, 4.69) is 27.8 Å². The van der Waals surface area contributed by atoms with E-state index in [-0.39, 0.29) is 0 Å². The first-order chi connectivity index (χ1) is 15.2. The second kappa shape index (κ2) is 8.06. The number of rotatable bonds is 5. The summed E-state index contributed by atoms with van der Waals surface area (Å²) < 4.78 is 1.81. The van der Waals surface area contributed by atoms with Gasteiger partial charge in [-0.25, -0.2) is 15.0 Å². The monoisotopic (exact) mass is 413 g/mol. The third kappa shape index (κ3) is 3.68. The number of pyridine rings is 1. The van der Waals surface area contributed by atoms with Crippen molar-refractivity contribution in [2.24, 2.45) is 5.73 Å². The summed E-state index contributed by atoms with van der Waals surface area (Å²) in [6.45, 7) is 1.55. The minimum Gasteiger partial charge on any atom is -0.381 e. The number of nitrogens with zero attached hydrogens (tertiary/aromatic N) is 4. The van der Waals surface area contributed by atoms with Crippen LogP contribution in [0.1, 0.15) is 34.5 Å². The van der Waals surface area contributed by atoms with Crippen LogP contribution in [0.4, 0.5) is 11.5 Å². The summed E-state index contributed by atoms with van der Waals surface area (Å²) in [5, 5.41) is 6.96. The molecule has 1 aliphatic rings. The van der Waals surface area contributed by atoms with E-state index in [1.165, 1.54) is 5.56 Å². The lowest BCUT2D eigenvalue weighted by Gasteiger charge is -2.15. The van der Waals surface area contributed by atoms with E-state index in [9.17, 15) is 4.79 Å². The number of carbonyl (C=O) groups excluding carboxylic acids is 1. The highest BCUT2D eigenvalue weighted by Gasteiger charge is 2.20. The molecule has 8 nitrogen and oxygen atoms in total. The molecule has 0 fully saturated rings. The van der Waals surface area contributed by atoms with E-state index in [0.29, 0.717) is 29.3 Å². The molecular weight excluding hydrogens is 390 g/mol. The van der Waals surface area contributed by atoms with Crippen LogP contribution in [0.15, 0.2) is 54.9 Å². The zero-order valence-corrected chi connectivity index (χ0v) is 17.0. The van der Waals surface area contributed by atoms with Gasteiger partial charge in [-0.05, 0) is 37.0 Å². The van der Waals surface area contributed by atoms with Gasteiger partial charge in [0.15, 0.2) is 17.5 Å². The first-order valence-corrected chi connectivity index (χ1v) is 10.4. The maximum absolute atomic E-state index is 11.8. The standard InChI is InChI=1S/C23H23N7O/c24-20(31)16-9-6-12-30-18(16)14-27-23(30)22-28-17-10-4-5-11-25-19(17)21(29-22)26-13-15-7-2-1-3-8-15/h1-3,6-9,12,14,25H,4-5,10-11,13H2,(H2,24,31)(H,26,28,29). The molecular formula is C23H23N7O. The quantitative estimate of drug-likeness (QED) is 0.463. The molecule has 5 rings (SSSR count). The summed E-state index contributed by atoms with van der Waals surface area (Å²) in [7, 11) is 0. The van der Waals surface area contributed by atoms with Gasteiger partial charge in [0.2, 0.25) is 0 Å². The number of hydrogen-bond donors (Lipinski definition) is 3. The molecule has 0 atom stereocenters. The zero-order valence-electron chi connectivity index (χ0n) is 17.0. The van der Waals surface area contributed by atoms with Crippen molar-refractivity contribution in [2.75, 3.05) is 17.2 Å². The average molecular weight is 413 g/mol. The normalized spacial score (nSPS) is 13.3. The van der Waals surface area contributed by atoms with Crippen molar-refractivity contribution in [3.63, 3.8) is 0 Å². The molecule has 0 spiro atoms. The molecule has 0 bridgehead atoms. The predicted molar refractivity (Wildman–Crippen MR) is 120 cm³/mol. The molecule has 8 heteroatoms. The van der Waals surface area contributed by atoms with Crippen LogP contribution < -0.4 is 16.4 Å². The molecule has 0 saturated carbocycles. The van der Waals surface area contributed by atoms with Crippen molar-refractivity contribution in [1.82, 2.24) is 19.4 Å². The fraction of sp³-hybridized carbons (Fsp3) is 0.217. The Hall–Kier alpha value is -3.94. The Morgan fingerprint density at radius 3 is 2.84 bits per heavy atom. The third-order valence-electron chi connectivity index (χ3n) is 5.47. The van der Waals surface area contributed by atoms with Crippen molar-refractivity contribution in [3.05, 3.63) is 71.7 Å². The summed E-state index contributed by atoms with van der Waals surface area (Å²) in [5.41, 5.74) is 9.68. The van der Waals surface area contributed by atoms with Gasteiger partial charge >= 0.3 is 0 Å². The highest BCUT2D eigenvalue weighted by molar-refractivity contribution is 5.99. The summed E-state index contributed by atoms with van der Waals surface area (Å²) in [6.07, 6.45) is 6.49. The second-order valence-corrected chi connectivity index (χ2v) is 7.56. The molecule has 1 aromatic carbocycles. The average Bonchev–Trinajstić information content (AvgIpc) is 3.08. The lowest BCUT2D eigenvalue weighted by atomic mass is 10.2. The molecule has 1 aliphatic heterocycles. The molecule has 0 unspecified atom stereocenters. The Bertz CT molecular complexity index is 1250. The van der Waals surface area contributed by atoms with E-state index in [4.69, 9.17) is 15.7 Å². The lowest BCUT2D eigenvalue weighted by molar-refractivity contribution is 0.100. The lowest BCUT2D eigenvalue weighted by Crippen LogP contribution is -2.13. The number of nitrogens with two attached hydrogens (primary N) is 1. The number of benzene rings is 1. The van der Waals surface area contributed by atoms with Crippen LogP contribution in [0.2, 0.25) is 0 Å². The van der Waals surface area contributed by atoms with E-state index < -0.39 is 5.91 Å². The smallest absolute Gasteiger partial charge is 0.250 e. The Morgan fingerprint density at radius 1 is 1.13 bits per heavy atom. The number of amides is 1. The van der Waals surface area contributed by atoms with Crippen LogP contribution in [-0.4, -0.2) is 31.8 Å². The SMILES string of the molecule is NC(=O)c1cccn2c(-c3nc4c(c(NCc5ccccc5)n3)NCCCC4)ncc12. The topological polar surface area (TPSA) is 110 Å². The molecule has 4 aromatic rings. The van der Waals surface area contributed by atoms with E-state index in [1.54, 1.807) is 18.3 Å². The van der Waals surface area contributed by atoms with Gasteiger partial charge in [-0.15, -0.1) is 0 Å². The van der Waals surface area contributed by atoms with Crippen molar-refractivity contribution < 1.29 is 4.79 Å². The summed E-state index contributed by atoms with van der Waals surface area (Å²) in [4.78, 5) is 26.0. The van der Waals surface area contributed by atoms with Gasteiger partial charge < -0.3 is 16.4 Å². The number of aryl methyl sites for hydroxylation is 1. The number of primary amides is 1. The van der Waals surface area contributed by atoms with Crippen molar-refractivity contribution >= 4 is 22.9 Å². The third-order valence-corrected chi connectivity index (χ3v) is 5.47. The first-order valence-electron chi connectivity index (χ1n) is 10.4. The Morgan fingerprint density at radius 2 is 2.00 bits per heavy atom. The van der Waals surface area contributed by atoms with E-state index in [0.717, 1.165) is 43.0 Å². The number of imidazole rings is 1. The van der Waals surface area contributed by atoms with Gasteiger partial charge in [0.25, 0.3) is 5.91 Å². The molecule has 31 heavy (non-hydrogen) atoms. The highest BCUT2D eigenvalue weighted by atomic mass is 16.1. The maximum Gasteiger partial charge on any atom is 0.250 e. The minimum atomic E-state index is -0.491. The summed E-state index contributed by atoms with van der Waals surface area (Å²) in [5.74, 6) is 1.36. The molecule has 0 saturated heterocycles. The van der Waals surface area contributed by atoms with Gasteiger partial charge in [-0.2, -0.15) is 0 Å². The van der Waals surface area contributed by atoms with E-state index >= 15 is 0 Å².